The van der Waals surface area contributed by atoms with Crippen molar-refractivity contribution in [3.8, 4) is 5.75 Å². The Kier molecular flexibility index (Phi) is 4.98. The molecule has 0 aliphatic rings. The third kappa shape index (κ3) is 4.75. The molecule has 0 saturated carbocycles. The first kappa shape index (κ1) is 13.6. The maximum absolute atomic E-state index is 9.89. The van der Waals surface area contributed by atoms with E-state index in [1.54, 1.807) is 4.68 Å². The number of aliphatic hydroxyl groups is 1. The molecule has 0 amide bonds. The van der Waals surface area contributed by atoms with Crippen LogP contribution in [0.25, 0.3) is 0 Å². The van der Waals surface area contributed by atoms with E-state index < -0.39 is 0 Å². The lowest BCUT2D eigenvalue weighted by atomic mass is 10.1. The van der Waals surface area contributed by atoms with Crippen molar-refractivity contribution in [2.75, 3.05) is 6.61 Å². The van der Waals surface area contributed by atoms with Crippen molar-refractivity contribution < 1.29 is 9.84 Å². The number of nitrogens with zero attached hydrogens (tertiary/aromatic N) is 2. The zero-order valence-corrected chi connectivity index (χ0v) is 11.2. The molecule has 4 nitrogen and oxygen atoms in total. The Hall–Kier alpha value is -1.81. The summed E-state index contributed by atoms with van der Waals surface area (Å²) in [6, 6.07) is 9.67. The third-order valence-electron chi connectivity index (χ3n) is 2.99. The van der Waals surface area contributed by atoms with E-state index in [0.717, 1.165) is 24.2 Å². The van der Waals surface area contributed by atoms with Crippen LogP contribution in [0, 0.1) is 0 Å². The van der Waals surface area contributed by atoms with Crippen LogP contribution in [0.3, 0.4) is 0 Å². The highest BCUT2D eigenvalue weighted by atomic mass is 16.5. The molecule has 1 unspecified atom stereocenters. The number of hydrogen-bond donors (Lipinski definition) is 1. The lowest BCUT2D eigenvalue weighted by molar-refractivity contribution is 0.131. The van der Waals surface area contributed by atoms with Crippen molar-refractivity contribution >= 4 is 0 Å². The van der Waals surface area contributed by atoms with Gasteiger partial charge < -0.3 is 9.84 Å². The maximum atomic E-state index is 9.89. The van der Waals surface area contributed by atoms with Crippen molar-refractivity contribution in [3.63, 3.8) is 0 Å². The van der Waals surface area contributed by atoms with Gasteiger partial charge in [-0.25, -0.2) is 0 Å². The first-order valence-corrected chi connectivity index (χ1v) is 6.57. The molecule has 102 valence electrons. The fourth-order valence-electron chi connectivity index (χ4n) is 1.91. The maximum Gasteiger partial charge on any atom is 0.119 e. The van der Waals surface area contributed by atoms with Gasteiger partial charge in [0.25, 0.3) is 0 Å². The average Bonchev–Trinajstić information content (AvgIpc) is 2.83. The molecule has 0 radical (unpaired) electrons. The summed E-state index contributed by atoms with van der Waals surface area (Å²) >= 11 is 0. The van der Waals surface area contributed by atoms with E-state index >= 15 is 0 Å². The van der Waals surface area contributed by atoms with Crippen molar-refractivity contribution in [2.45, 2.75) is 25.4 Å². The predicted octanol–water partition coefficient (Wildman–Crippen LogP) is 2.18. The Labute approximate surface area is 113 Å². The number of ether oxygens (including phenoxy) is 1. The smallest absolute Gasteiger partial charge is 0.119 e. The standard InChI is InChI=1S/C15H20N2O2/c1-17-12-13(11-16-17)7-8-14(18)9-10-19-15-5-3-2-4-6-15/h2-6,11-12,14,18H,7-10H2,1H3. The van der Waals surface area contributed by atoms with Gasteiger partial charge in [0.2, 0.25) is 0 Å². The summed E-state index contributed by atoms with van der Waals surface area (Å²) in [7, 11) is 1.90. The quantitative estimate of drug-likeness (QED) is 0.830. The van der Waals surface area contributed by atoms with Gasteiger partial charge in [0.15, 0.2) is 0 Å². The van der Waals surface area contributed by atoms with Crippen LogP contribution in [-0.4, -0.2) is 27.6 Å². The molecule has 4 heteroatoms. The van der Waals surface area contributed by atoms with E-state index in [0.29, 0.717) is 13.0 Å². The topological polar surface area (TPSA) is 47.3 Å². The SMILES string of the molecule is Cn1cc(CCC(O)CCOc2ccccc2)cn1. The molecule has 1 aromatic heterocycles. The Morgan fingerprint density at radius 1 is 1.26 bits per heavy atom. The highest BCUT2D eigenvalue weighted by Crippen LogP contribution is 2.10. The second-order valence-electron chi connectivity index (χ2n) is 4.66. The van der Waals surface area contributed by atoms with Gasteiger partial charge in [-0.1, -0.05) is 18.2 Å². The Bertz CT molecular complexity index is 482. The Morgan fingerprint density at radius 2 is 2.05 bits per heavy atom. The van der Waals surface area contributed by atoms with Crippen LogP contribution in [0.15, 0.2) is 42.7 Å². The van der Waals surface area contributed by atoms with Crippen LogP contribution in [-0.2, 0) is 13.5 Å². The summed E-state index contributed by atoms with van der Waals surface area (Å²) in [5, 5.41) is 14.0. The van der Waals surface area contributed by atoms with Gasteiger partial charge in [0.05, 0.1) is 18.9 Å². The Morgan fingerprint density at radius 3 is 2.74 bits per heavy atom. The summed E-state index contributed by atoms with van der Waals surface area (Å²) in [5.74, 6) is 0.849. The van der Waals surface area contributed by atoms with Gasteiger partial charge >= 0.3 is 0 Å². The van der Waals surface area contributed by atoms with Crippen molar-refractivity contribution in [2.24, 2.45) is 7.05 Å². The molecule has 19 heavy (non-hydrogen) atoms. The van der Waals surface area contributed by atoms with E-state index in [1.807, 2.05) is 49.8 Å². The monoisotopic (exact) mass is 260 g/mol. The zero-order chi connectivity index (χ0) is 13.5. The van der Waals surface area contributed by atoms with E-state index in [2.05, 4.69) is 5.10 Å². The van der Waals surface area contributed by atoms with Crippen LogP contribution in [0.1, 0.15) is 18.4 Å². The molecule has 0 spiro atoms. The highest BCUT2D eigenvalue weighted by molar-refractivity contribution is 5.20. The summed E-state index contributed by atoms with van der Waals surface area (Å²) in [4.78, 5) is 0. The predicted molar refractivity (Wildman–Crippen MR) is 74.1 cm³/mol. The largest absolute Gasteiger partial charge is 0.493 e. The first-order valence-electron chi connectivity index (χ1n) is 6.57. The third-order valence-corrected chi connectivity index (χ3v) is 2.99. The van der Waals surface area contributed by atoms with Crippen LogP contribution < -0.4 is 4.74 Å². The molecule has 0 fully saturated rings. The number of aromatic nitrogens is 2. The fourth-order valence-corrected chi connectivity index (χ4v) is 1.91. The van der Waals surface area contributed by atoms with E-state index in [-0.39, 0.29) is 6.10 Å². The number of aliphatic hydroxyl groups excluding tert-OH is 1. The van der Waals surface area contributed by atoms with E-state index in [9.17, 15) is 5.11 Å². The zero-order valence-electron chi connectivity index (χ0n) is 11.2. The molecule has 1 heterocycles. The normalized spacial score (nSPS) is 12.3. The van der Waals surface area contributed by atoms with Crippen molar-refractivity contribution in [1.29, 1.82) is 0 Å². The summed E-state index contributed by atoms with van der Waals surface area (Å²) in [5.41, 5.74) is 1.16. The van der Waals surface area contributed by atoms with E-state index in [4.69, 9.17) is 4.74 Å². The lowest BCUT2D eigenvalue weighted by Gasteiger charge is -2.11. The molecule has 0 saturated heterocycles. The molecular formula is C15H20N2O2. The van der Waals surface area contributed by atoms with Crippen molar-refractivity contribution in [3.05, 3.63) is 48.3 Å². The van der Waals surface area contributed by atoms with Gasteiger partial charge in [-0.2, -0.15) is 5.10 Å². The van der Waals surface area contributed by atoms with Crippen LogP contribution in [0.5, 0.6) is 5.75 Å². The van der Waals surface area contributed by atoms with E-state index in [1.165, 1.54) is 0 Å². The Balaban J connectivity index is 1.63. The second kappa shape index (κ2) is 6.95. The minimum atomic E-state index is -0.330. The van der Waals surface area contributed by atoms with Gasteiger partial charge in [-0.15, -0.1) is 0 Å². The number of para-hydroxylation sites is 1. The van der Waals surface area contributed by atoms with Crippen molar-refractivity contribution in [1.82, 2.24) is 9.78 Å². The second-order valence-corrected chi connectivity index (χ2v) is 4.66. The molecule has 1 aromatic carbocycles. The van der Waals surface area contributed by atoms with Crippen LogP contribution in [0.2, 0.25) is 0 Å². The van der Waals surface area contributed by atoms with Gasteiger partial charge in [0.1, 0.15) is 5.75 Å². The molecular weight excluding hydrogens is 240 g/mol. The molecule has 2 aromatic rings. The minimum absolute atomic E-state index is 0.330. The molecule has 0 aliphatic heterocycles. The molecule has 0 bridgehead atoms. The van der Waals surface area contributed by atoms with Crippen LogP contribution in [0.4, 0.5) is 0 Å². The lowest BCUT2D eigenvalue weighted by Crippen LogP contribution is -2.12. The van der Waals surface area contributed by atoms with Gasteiger partial charge in [-0.3, -0.25) is 4.68 Å². The number of rotatable bonds is 7. The summed E-state index contributed by atoms with van der Waals surface area (Å²) in [6.45, 7) is 0.540. The highest BCUT2D eigenvalue weighted by Gasteiger charge is 2.06. The molecule has 2 rings (SSSR count). The number of benzene rings is 1. The molecule has 1 N–H and O–H groups in total. The number of hydrogen-bond acceptors (Lipinski definition) is 3. The first-order chi connectivity index (χ1) is 9.24. The molecule has 1 atom stereocenters. The van der Waals surface area contributed by atoms with Gasteiger partial charge in [-0.05, 0) is 30.5 Å². The fraction of sp³-hybridized carbons (Fsp3) is 0.400. The molecule has 0 aliphatic carbocycles. The number of aryl methyl sites for hydroxylation is 2. The summed E-state index contributed by atoms with van der Waals surface area (Å²) in [6.07, 6.45) is 5.73. The minimum Gasteiger partial charge on any atom is -0.493 e. The van der Waals surface area contributed by atoms with Gasteiger partial charge in [0, 0.05) is 19.7 Å². The average molecular weight is 260 g/mol. The van der Waals surface area contributed by atoms with Crippen LogP contribution >= 0.6 is 0 Å². The summed E-state index contributed by atoms with van der Waals surface area (Å²) < 4.78 is 7.33.